The monoisotopic (exact) mass is 363 g/mol. The van der Waals surface area contributed by atoms with Crippen molar-refractivity contribution in [3.05, 3.63) is 48.0 Å². The van der Waals surface area contributed by atoms with Crippen LogP contribution in [0.5, 0.6) is 11.5 Å². The Kier molecular flexibility index (Phi) is 5.39. The Balaban J connectivity index is 1.76. The normalized spacial score (nSPS) is 17.8. The standard InChI is InChI=1S/C18H23N2O4S/c19-17-11-10-16(12-18(17)25(21,22)24-20)23-15-8-6-14(7-9-15)13-4-2-1-3-5-13/h6-13H,1-5,19H2,20H3/q+2. The van der Waals surface area contributed by atoms with E-state index in [0.29, 0.717) is 17.4 Å². The van der Waals surface area contributed by atoms with Crippen molar-refractivity contribution in [2.75, 3.05) is 5.73 Å². The molecule has 0 aliphatic heterocycles. The SMILES string of the molecule is Nc1ccc(Oc2ccc(C3CCCCC3)cc2)cc1[S+]([O])(=O)O[NH3+]. The van der Waals surface area contributed by atoms with Crippen LogP contribution in [0.1, 0.15) is 43.6 Å². The molecule has 0 spiro atoms. The predicted octanol–water partition coefficient (Wildman–Crippen LogP) is 3.40. The molecule has 25 heavy (non-hydrogen) atoms. The number of hydrogen-bond acceptors (Lipinski definition) is 4. The molecule has 1 atom stereocenters. The molecule has 5 N–H and O–H groups in total. The van der Waals surface area contributed by atoms with Crippen LogP contribution in [0.25, 0.3) is 0 Å². The summed E-state index contributed by atoms with van der Waals surface area (Å²) in [6.07, 6.45) is 6.39. The Morgan fingerprint density at radius 2 is 1.64 bits per heavy atom. The largest absolute Gasteiger partial charge is 0.484 e. The fourth-order valence-corrected chi connectivity index (χ4v) is 3.98. The summed E-state index contributed by atoms with van der Waals surface area (Å²) in [5.74, 6) is 4.60. The van der Waals surface area contributed by atoms with Crippen LogP contribution in [0.15, 0.2) is 47.4 Å². The van der Waals surface area contributed by atoms with E-state index in [-0.39, 0.29) is 10.6 Å². The number of nitrogen functional groups attached to an aromatic ring is 1. The zero-order valence-corrected chi connectivity index (χ0v) is 14.8. The van der Waals surface area contributed by atoms with E-state index in [2.05, 4.69) is 22.3 Å². The van der Waals surface area contributed by atoms with Gasteiger partial charge in [0.2, 0.25) is 0 Å². The van der Waals surface area contributed by atoms with Gasteiger partial charge in [0.05, 0.1) is 14.5 Å². The first-order chi connectivity index (χ1) is 12.0. The maximum absolute atomic E-state index is 11.8. The van der Waals surface area contributed by atoms with Crippen molar-refractivity contribution >= 4 is 16.2 Å². The molecule has 0 aromatic heterocycles. The quantitative estimate of drug-likeness (QED) is 0.482. The lowest BCUT2D eigenvalue weighted by Crippen LogP contribution is -2.52. The highest BCUT2D eigenvalue weighted by Gasteiger charge is 2.40. The van der Waals surface area contributed by atoms with Crippen molar-refractivity contribution in [1.82, 2.24) is 0 Å². The Labute approximate surface area is 148 Å². The second kappa shape index (κ2) is 7.53. The summed E-state index contributed by atoms with van der Waals surface area (Å²) in [4.78, 5) is -0.154. The third-order valence-electron chi connectivity index (χ3n) is 4.60. The van der Waals surface area contributed by atoms with E-state index >= 15 is 0 Å². The summed E-state index contributed by atoms with van der Waals surface area (Å²) in [6, 6.07) is 12.4. The second-order valence-corrected chi connectivity index (χ2v) is 7.86. The molecule has 2 aromatic rings. The van der Waals surface area contributed by atoms with Gasteiger partial charge in [-0.25, -0.2) is 0 Å². The molecule has 7 heteroatoms. The van der Waals surface area contributed by atoms with Gasteiger partial charge < -0.3 is 10.5 Å². The van der Waals surface area contributed by atoms with Crippen molar-refractivity contribution in [3.63, 3.8) is 0 Å². The van der Waals surface area contributed by atoms with E-state index in [1.54, 1.807) is 6.07 Å². The number of ether oxygens (including phenoxy) is 1. The zero-order valence-electron chi connectivity index (χ0n) is 14.0. The molecule has 0 heterocycles. The Bertz CT molecular complexity index is 773. The lowest BCUT2D eigenvalue weighted by molar-refractivity contribution is -0.637. The van der Waals surface area contributed by atoms with Gasteiger partial charge in [0.1, 0.15) is 11.5 Å². The minimum atomic E-state index is -3.98. The number of anilines is 1. The van der Waals surface area contributed by atoms with Crippen molar-refractivity contribution in [2.24, 2.45) is 0 Å². The van der Waals surface area contributed by atoms with Gasteiger partial charge in [-0.2, -0.15) is 5.90 Å². The first kappa shape index (κ1) is 17.9. The molecule has 1 aliphatic carbocycles. The van der Waals surface area contributed by atoms with Crippen LogP contribution in [0, 0.1) is 0 Å². The first-order valence-electron chi connectivity index (χ1n) is 8.35. The van der Waals surface area contributed by atoms with Crippen LogP contribution >= 0.6 is 0 Å². The van der Waals surface area contributed by atoms with Gasteiger partial charge in [-0.3, -0.25) is 0 Å². The number of nitrogens with two attached hydrogens (primary N) is 1. The van der Waals surface area contributed by atoms with E-state index in [1.165, 1.54) is 49.8 Å². The van der Waals surface area contributed by atoms with Gasteiger partial charge in [0.15, 0.2) is 0 Å². The highest BCUT2D eigenvalue weighted by Crippen LogP contribution is 2.34. The molecule has 6 nitrogen and oxygen atoms in total. The maximum atomic E-state index is 11.8. The summed E-state index contributed by atoms with van der Waals surface area (Å²) < 4.78 is 33.7. The van der Waals surface area contributed by atoms with Crippen LogP contribution in [0.2, 0.25) is 0 Å². The van der Waals surface area contributed by atoms with Crippen molar-refractivity contribution < 1.29 is 23.7 Å². The number of hydrogen-bond donors (Lipinski definition) is 2. The van der Waals surface area contributed by atoms with Crippen LogP contribution in [0.3, 0.4) is 0 Å². The van der Waals surface area contributed by atoms with E-state index in [1.807, 2.05) is 12.1 Å². The summed E-state index contributed by atoms with van der Waals surface area (Å²) in [6.45, 7) is 0. The van der Waals surface area contributed by atoms with Gasteiger partial charge >= 0.3 is 10.5 Å². The number of benzene rings is 2. The highest BCUT2D eigenvalue weighted by atomic mass is 32.3. The summed E-state index contributed by atoms with van der Waals surface area (Å²) in [7, 11) is -3.98. The van der Waals surface area contributed by atoms with Gasteiger partial charge in [0.25, 0.3) is 4.90 Å². The molecule has 2 aromatic carbocycles. The van der Waals surface area contributed by atoms with Crippen molar-refractivity contribution in [1.29, 1.82) is 0 Å². The molecule has 1 unspecified atom stereocenters. The fourth-order valence-electron chi connectivity index (χ4n) is 3.24. The van der Waals surface area contributed by atoms with Crippen LogP contribution in [0.4, 0.5) is 5.69 Å². The van der Waals surface area contributed by atoms with Gasteiger partial charge in [-0.15, -0.1) is 0 Å². The lowest BCUT2D eigenvalue weighted by atomic mass is 9.84. The molecule has 0 saturated heterocycles. The third-order valence-corrected chi connectivity index (χ3v) is 5.80. The van der Waals surface area contributed by atoms with Gasteiger partial charge in [-0.1, -0.05) is 31.4 Å². The summed E-state index contributed by atoms with van der Waals surface area (Å²) in [5.41, 5.74) is 7.12. The molecule has 133 valence electrons. The topological polar surface area (TPSA) is 109 Å². The van der Waals surface area contributed by atoms with Crippen LogP contribution in [-0.4, -0.2) is 0 Å². The summed E-state index contributed by atoms with van der Waals surface area (Å²) in [5, 5.41) is 0. The van der Waals surface area contributed by atoms with E-state index in [9.17, 15) is 8.76 Å². The van der Waals surface area contributed by atoms with E-state index in [4.69, 9.17) is 10.5 Å². The molecule has 1 saturated carbocycles. The third kappa shape index (κ3) is 4.19. The van der Waals surface area contributed by atoms with E-state index < -0.39 is 10.5 Å². The molecule has 0 amide bonds. The van der Waals surface area contributed by atoms with Gasteiger partial charge in [0, 0.05) is 6.07 Å². The average molecular weight is 363 g/mol. The average Bonchev–Trinajstić information content (AvgIpc) is 2.64. The molecular weight excluding hydrogens is 340 g/mol. The molecule has 1 fully saturated rings. The van der Waals surface area contributed by atoms with Crippen LogP contribution in [-0.2, 0) is 23.5 Å². The minimum absolute atomic E-state index is 0.0867. The van der Waals surface area contributed by atoms with Crippen LogP contribution < -0.4 is 16.4 Å². The fraction of sp³-hybridized carbons (Fsp3) is 0.333. The molecular formula is C18H23N2O4S+2. The smallest absolute Gasteiger partial charge is 0.457 e. The molecule has 0 bridgehead atoms. The Hall–Kier alpha value is -1.93. The molecule has 1 radical (unpaired) electrons. The highest BCUT2D eigenvalue weighted by molar-refractivity contribution is 7.93. The van der Waals surface area contributed by atoms with Crippen molar-refractivity contribution in [2.45, 2.75) is 42.9 Å². The van der Waals surface area contributed by atoms with E-state index in [0.717, 1.165) is 0 Å². The first-order valence-corrected chi connectivity index (χ1v) is 9.76. The number of rotatable bonds is 5. The van der Waals surface area contributed by atoms with Crippen molar-refractivity contribution in [3.8, 4) is 11.5 Å². The lowest BCUT2D eigenvalue weighted by Gasteiger charge is -2.22. The molecule has 1 aliphatic rings. The Morgan fingerprint density at radius 3 is 2.28 bits per heavy atom. The summed E-state index contributed by atoms with van der Waals surface area (Å²) >= 11 is 0. The molecule has 3 rings (SSSR count). The van der Waals surface area contributed by atoms with Gasteiger partial charge in [-0.05, 0) is 52.8 Å². The number of quaternary nitrogens is 1. The minimum Gasteiger partial charge on any atom is -0.457 e. The maximum Gasteiger partial charge on any atom is 0.484 e. The Morgan fingerprint density at radius 1 is 1.00 bits per heavy atom. The zero-order chi connectivity index (χ0) is 17.9. The second-order valence-electron chi connectivity index (χ2n) is 6.28. The predicted molar refractivity (Wildman–Crippen MR) is 94.2 cm³/mol.